The first kappa shape index (κ1) is 10.6. The Morgan fingerprint density at radius 3 is 2.93 bits per heavy atom. The lowest BCUT2D eigenvalue weighted by Crippen LogP contribution is -2.28. The molecule has 0 saturated heterocycles. The van der Waals surface area contributed by atoms with Crippen LogP contribution in [0.2, 0.25) is 0 Å². The third-order valence-electron chi connectivity index (χ3n) is 2.51. The summed E-state index contributed by atoms with van der Waals surface area (Å²) < 4.78 is 5.90. The highest BCUT2D eigenvalue weighted by molar-refractivity contribution is 9.10. The van der Waals surface area contributed by atoms with Gasteiger partial charge in [0.15, 0.2) is 0 Å². The smallest absolute Gasteiger partial charge is 0.249 e. The molecule has 1 amide bonds. The molecule has 0 N–H and O–H groups in total. The molecule has 0 aliphatic carbocycles. The number of fused-ring (bicyclic) bond motifs is 1. The monoisotopic (exact) mass is 269 g/mol. The van der Waals surface area contributed by atoms with E-state index < -0.39 is 0 Å². The molecule has 0 radical (unpaired) electrons. The van der Waals surface area contributed by atoms with E-state index in [1.807, 2.05) is 6.07 Å². The summed E-state index contributed by atoms with van der Waals surface area (Å²) in [5.41, 5.74) is 2.44. The first-order valence-electron chi connectivity index (χ1n) is 4.74. The van der Waals surface area contributed by atoms with Crippen LogP contribution >= 0.6 is 15.9 Å². The van der Waals surface area contributed by atoms with E-state index in [4.69, 9.17) is 4.74 Å². The number of benzene rings is 1. The van der Waals surface area contributed by atoms with Crippen molar-refractivity contribution in [2.75, 3.05) is 13.7 Å². The Morgan fingerprint density at radius 2 is 2.20 bits per heavy atom. The van der Waals surface area contributed by atoms with Gasteiger partial charge in [-0.25, -0.2) is 0 Å². The summed E-state index contributed by atoms with van der Waals surface area (Å²) in [6.07, 6.45) is 0. The number of hydrogen-bond acceptors (Lipinski definition) is 2. The number of ether oxygens (including phenoxy) is 1. The molecule has 0 unspecified atom stereocenters. The van der Waals surface area contributed by atoms with Gasteiger partial charge < -0.3 is 9.64 Å². The van der Waals surface area contributed by atoms with E-state index in [1.165, 1.54) is 18.2 Å². The molecule has 80 valence electrons. The zero-order valence-corrected chi connectivity index (χ0v) is 10.1. The van der Waals surface area contributed by atoms with Crippen molar-refractivity contribution >= 4 is 21.8 Å². The van der Waals surface area contributed by atoms with E-state index in [-0.39, 0.29) is 12.5 Å². The van der Waals surface area contributed by atoms with Crippen molar-refractivity contribution in [3.63, 3.8) is 0 Å². The molecule has 0 fully saturated rings. The van der Waals surface area contributed by atoms with Crippen LogP contribution in [0.5, 0.6) is 0 Å². The highest BCUT2D eigenvalue weighted by Crippen LogP contribution is 2.25. The molecular formula is C11H12BrNO2. The van der Waals surface area contributed by atoms with Gasteiger partial charge in [-0.2, -0.15) is 0 Å². The summed E-state index contributed by atoms with van der Waals surface area (Å²) in [6, 6.07) is 6.12. The van der Waals surface area contributed by atoms with E-state index in [0.29, 0.717) is 13.1 Å². The van der Waals surface area contributed by atoms with Crippen LogP contribution in [0.4, 0.5) is 0 Å². The molecule has 1 aliphatic heterocycles. The Bertz CT molecular complexity index is 392. The molecule has 3 nitrogen and oxygen atoms in total. The minimum atomic E-state index is 0.0461. The van der Waals surface area contributed by atoms with Crippen LogP contribution in [-0.2, 0) is 22.6 Å². The lowest BCUT2D eigenvalue weighted by molar-refractivity contribution is -0.135. The highest BCUT2D eigenvalue weighted by atomic mass is 79.9. The predicted molar refractivity (Wildman–Crippen MR) is 60.3 cm³/mol. The summed E-state index contributed by atoms with van der Waals surface area (Å²) in [5.74, 6) is 0.0461. The Balaban J connectivity index is 2.12. The van der Waals surface area contributed by atoms with E-state index in [2.05, 4.69) is 28.1 Å². The first-order valence-corrected chi connectivity index (χ1v) is 5.54. The van der Waals surface area contributed by atoms with Crippen molar-refractivity contribution < 1.29 is 9.53 Å². The molecule has 0 bridgehead atoms. The summed E-state index contributed by atoms with van der Waals surface area (Å²) in [6.45, 7) is 1.55. The van der Waals surface area contributed by atoms with Gasteiger partial charge in [0.05, 0.1) is 0 Å². The molecule has 1 aromatic carbocycles. The maximum Gasteiger partial charge on any atom is 0.249 e. The zero-order chi connectivity index (χ0) is 10.8. The minimum absolute atomic E-state index is 0.0461. The predicted octanol–water partition coefficient (Wildman–Crippen LogP) is 1.94. The van der Waals surface area contributed by atoms with Crippen LogP contribution in [0.1, 0.15) is 11.1 Å². The Morgan fingerprint density at radius 1 is 1.47 bits per heavy atom. The van der Waals surface area contributed by atoms with Gasteiger partial charge in [-0.1, -0.05) is 22.0 Å². The Kier molecular flexibility index (Phi) is 3.07. The molecule has 0 spiro atoms. The van der Waals surface area contributed by atoms with E-state index >= 15 is 0 Å². The molecule has 15 heavy (non-hydrogen) atoms. The number of methoxy groups -OCH3 is 1. The zero-order valence-electron chi connectivity index (χ0n) is 8.50. The molecule has 1 aliphatic rings. The topological polar surface area (TPSA) is 29.5 Å². The van der Waals surface area contributed by atoms with Crippen molar-refractivity contribution in [2.45, 2.75) is 13.1 Å². The summed E-state index contributed by atoms with van der Waals surface area (Å²) in [7, 11) is 1.54. The van der Waals surface area contributed by atoms with Gasteiger partial charge in [0.2, 0.25) is 5.91 Å². The largest absolute Gasteiger partial charge is 0.375 e. The average molecular weight is 270 g/mol. The lowest BCUT2D eigenvalue weighted by Gasteiger charge is -2.14. The van der Waals surface area contributed by atoms with Crippen LogP contribution < -0.4 is 0 Å². The van der Waals surface area contributed by atoms with Crippen molar-refractivity contribution in [1.29, 1.82) is 0 Å². The van der Waals surface area contributed by atoms with Gasteiger partial charge >= 0.3 is 0 Å². The van der Waals surface area contributed by atoms with E-state index in [1.54, 1.807) is 4.90 Å². The van der Waals surface area contributed by atoms with Crippen LogP contribution in [0, 0.1) is 0 Å². The number of carbonyl (C=O) groups excluding carboxylic acids is 1. The van der Waals surface area contributed by atoms with Crippen molar-refractivity contribution in [3.8, 4) is 0 Å². The van der Waals surface area contributed by atoms with Crippen molar-refractivity contribution in [3.05, 3.63) is 33.8 Å². The SMILES string of the molecule is COCC(=O)N1Cc2ccc(Br)cc2C1. The molecule has 1 heterocycles. The van der Waals surface area contributed by atoms with Gasteiger partial charge in [-0.3, -0.25) is 4.79 Å². The third kappa shape index (κ3) is 2.21. The normalized spacial score (nSPS) is 14.1. The van der Waals surface area contributed by atoms with Crippen molar-refractivity contribution in [2.24, 2.45) is 0 Å². The number of nitrogens with zero attached hydrogens (tertiary/aromatic N) is 1. The quantitative estimate of drug-likeness (QED) is 0.822. The minimum Gasteiger partial charge on any atom is -0.375 e. The van der Waals surface area contributed by atoms with Crippen LogP contribution in [-0.4, -0.2) is 24.5 Å². The number of hydrogen-bond donors (Lipinski definition) is 0. The summed E-state index contributed by atoms with van der Waals surface area (Å²) in [5, 5.41) is 0. The third-order valence-corrected chi connectivity index (χ3v) is 3.00. The fourth-order valence-electron chi connectivity index (χ4n) is 1.75. The van der Waals surface area contributed by atoms with Gasteiger partial charge in [-0.05, 0) is 23.3 Å². The fraction of sp³-hybridized carbons (Fsp3) is 0.364. The number of rotatable bonds is 2. The summed E-state index contributed by atoms with van der Waals surface area (Å²) in [4.78, 5) is 13.4. The fourth-order valence-corrected chi connectivity index (χ4v) is 2.16. The molecule has 2 rings (SSSR count). The molecular weight excluding hydrogens is 258 g/mol. The second-order valence-electron chi connectivity index (χ2n) is 3.60. The Hall–Kier alpha value is -0.870. The Labute approximate surface area is 97.2 Å². The van der Waals surface area contributed by atoms with E-state index in [9.17, 15) is 4.79 Å². The van der Waals surface area contributed by atoms with Crippen molar-refractivity contribution in [1.82, 2.24) is 4.90 Å². The molecule has 0 aromatic heterocycles. The van der Waals surface area contributed by atoms with Crippen LogP contribution in [0.25, 0.3) is 0 Å². The number of carbonyl (C=O) groups is 1. The molecule has 0 saturated carbocycles. The molecule has 0 atom stereocenters. The van der Waals surface area contributed by atoms with E-state index in [0.717, 1.165) is 4.47 Å². The molecule has 1 aromatic rings. The van der Waals surface area contributed by atoms with Gasteiger partial charge in [0.1, 0.15) is 6.61 Å². The second kappa shape index (κ2) is 4.33. The average Bonchev–Trinajstić information content (AvgIpc) is 2.60. The van der Waals surface area contributed by atoms with Crippen LogP contribution in [0.3, 0.4) is 0 Å². The number of halogens is 1. The maximum absolute atomic E-state index is 11.6. The molecule has 4 heteroatoms. The van der Waals surface area contributed by atoms with Gasteiger partial charge in [0.25, 0.3) is 0 Å². The number of amides is 1. The second-order valence-corrected chi connectivity index (χ2v) is 4.51. The highest BCUT2D eigenvalue weighted by Gasteiger charge is 2.22. The maximum atomic E-state index is 11.6. The lowest BCUT2D eigenvalue weighted by atomic mass is 10.1. The summed E-state index contributed by atoms with van der Waals surface area (Å²) >= 11 is 3.42. The van der Waals surface area contributed by atoms with Gasteiger partial charge in [-0.15, -0.1) is 0 Å². The van der Waals surface area contributed by atoms with Crippen LogP contribution in [0.15, 0.2) is 22.7 Å². The van der Waals surface area contributed by atoms with Gasteiger partial charge in [0, 0.05) is 24.7 Å². The standard InChI is InChI=1S/C11H12BrNO2/c1-15-7-11(14)13-5-8-2-3-10(12)4-9(8)6-13/h2-4H,5-7H2,1H3. The first-order chi connectivity index (χ1) is 7.20.